The van der Waals surface area contributed by atoms with Crippen molar-refractivity contribution in [2.75, 3.05) is 6.61 Å². The second-order valence-electron chi connectivity index (χ2n) is 2.46. The summed E-state index contributed by atoms with van der Waals surface area (Å²) in [6, 6.07) is 0. The number of aliphatic hydroxyl groups excluding tert-OH is 1. The fraction of sp³-hybridized carbons (Fsp3) is 0.625. The number of rotatable bonds is 5. The van der Waals surface area contributed by atoms with Gasteiger partial charge in [0.1, 0.15) is 0 Å². The maximum absolute atomic E-state index is 8.51. The first-order valence-corrected chi connectivity index (χ1v) is 4.80. The predicted octanol–water partition coefficient (Wildman–Crippen LogP) is 1.85. The fourth-order valence-electron chi connectivity index (χ4n) is 0.941. The Morgan fingerprint density at radius 3 is 2.91 bits per heavy atom. The van der Waals surface area contributed by atoms with E-state index in [1.165, 1.54) is 5.01 Å². The van der Waals surface area contributed by atoms with E-state index in [0.717, 1.165) is 25.7 Å². The van der Waals surface area contributed by atoms with Crippen LogP contribution in [0, 0.1) is 0 Å². The van der Waals surface area contributed by atoms with E-state index in [2.05, 4.69) is 4.98 Å². The number of aryl methyl sites for hydroxylation is 1. The van der Waals surface area contributed by atoms with Crippen LogP contribution in [-0.4, -0.2) is 16.7 Å². The van der Waals surface area contributed by atoms with Crippen molar-refractivity contribution in [3.05, 3.63) is 16.6 Å². The number of nitrogens with zero attached hydrogens (tertiary/aromatic N) is 1. The number of hydrogen-bond donors (Lipinski definition) is 1. The van der Waals surface area contributed by atoms with Gasteiger partial charge in [0, 0.05) is 18.2 Å². The highest BCUT2D eigenvalue weighted by atomic mass is 32.1. The largest absolute Gasteiger partial charge is 0.396 e. The van der Waals surface area contributed by atoms with Gasteiger partial charge in [-0.15, -0.1) is 11.3 Å². The summed E-state index contributed by atoms with van der Waals surface area (Å²) in [4.78, 5) is 4.17. The number of thiazole rings is 1. The van der Waals surface area contributed by atoms with E-state index in [9.17, 15) is 0 Å². The van der Waals surface area contributed by atoms with E-state index in [0.29, 0.717) is 6.61 Å². The number of hydrogen-bond acceptors (Lipinski definition) is 3. The van der Waals surface area contributed by atoms with Gasteiger partial charge in [-0.25, -0.2) is 4.98 Å². The predicted molar refractivity (Wildman–Crippen MR) is 46.8 cm³/mol. The molecule has 0 amide bonds. The van der Waals surface area contributed by atoms with Crippen molar-refractivity contribution in [2.45, 2.75) is 25.7 Å². The van der Waals surface area contributed by atoms with Crippen LogP contribution in [0.1, 0.15) is 24.3 Å². The number of unbranched alkanes of at least 4 members (excludes halogenated alkanes) is 2. The fourth-order valence-corrected chi connectivity index (χ4v) is 1.60. The van der Waals surface area contributed by atoms with Gasteiger partial charge in [0.05, 0.1) is 5.01 Å². The van der Waals surface area contributed by atoms with E-state index in [-0.39, 0.29) is 0 Å². The Labute approximate surface area is 70.9 Å². The van der Waals surface area contributed by atoms with Crippen molar-refractivity contribution < 1.29 is 5.11 Å². The molecule has 0 aliphatic heterocycles. The first kappa shape index (κ1) is 8.68. The molecule has 0 aliphatic carbocycles. The zero-order chi connectivity index (χ0) is 7.94. The van der Waals surface area contributed by atoms with Gasteiger partial charge in [0.15, 0.2) is 0 Å². The molecule has 0 unspecified atom stereocenters. The van der Waals surface area contributed by atoms with Crippen LogP contribution in [0.2, 0.25) is 0 Å². The quantitative estimate of drug-likeness (QED) is 0.686. The van der Waals surface area contributed by atoms with Crippen molar-refractivity contribution >= 4 is 11.3 Å². The Morgan fingerprint density at radius 2 is 2.27 bits per heavy atom. The molecule has 0 aromatic carbocycles. The summed E-state index contributed by atoms with van der Waals surface area (Å²) in [6.45, 7) is 0.317. The smallest absolute Gasteiger partial charge is 0.0924 e. The lowest BCUT2D eigenvalue weighted by atomic mass is 10.2. The van der Waals surface area contributed by atoms with Crippen LogP contribution in [0.15, 0.2) is 11.6 Å². The molecule has 0 fully saturated rings. The van der Waals surface area contributed by atoms with Crippen LogP contribution >= 0.6 is 11.3 Å². The summed E-state index contributed by atoms with van der Waals surface area (Å²) in [5, 5.41) is 11.7. The van der Waals surface area contributed by atoms with E-state index < -0.39 is 0 Å². The molecule has 1 heterocycles. The lowest BCUT2D eigenvalue weighted by Gasteiger charge is -1.94. The molecular formula is C8H13NOS. The molecule has 1 aromatic rings. The zero-order valence-electron chi connectivity index (χ0n) is 6.49. The van der Waals surface area contributed by atoms with Crippen molar-refractivity contribution in [3.8, 4) is 0 Å². The summed E-state index contributed by atoms with van der Waals surface area (Å²) < 4.78 is 0. The molecule has 1 rings (SSSR count). The third-order valence-corrected chi connectivity index (χ3v) is 2.37. The molecule has 11 heavy (non-hydrogen) atoms. The molecule has 0 saturated carbocycles. The van der Waals surface area contributed by atoms with Gasteiger partial charge in [-0.2, -0.15) is 0 Å². The van der Waals surface area contributed by atoms with Gasteiger partial charge in [-0.05, 0) is 19.3 Å². The zero-order valence-corrected chi connectivity index (χ0v) is 7.31. The van der Waals surface area contributed by atoms with Crippen LogP contribution in [0.5, 0.6) is 0 Å². The highest BCUT2D eigenvalue weighted by Crippen LogP contribution is 2.08. The van der Waals surface area contributed by atoms with Crippen LogP contribution in [-0.2, 0) is 6.42 Å². The summed E-state index contributed by atoms with van der Waals surface area (Å²) in [5.74, 6) is 0. The minimum atomic E-state index is 0.317. The van der Waals surface area contributed by atoms with E-state index in [1.807, 2.05) is 11.6 Å². The maximum Gasteiger partial charge on any atom is 0.0924 e. The van der Waals surface area contributed by atoms with Gasteiger partial charge in [0.2, 0.25) is 0 Å². The van der Waals surface area contributed by atoms with Crippen LogP contribution in [0.25, 0.3) is 0 Å². The molecule has 0 radical (unpaired) electrons. The molecule has 62 valence electrons. The molecule has 0 saturated heterocycles. The highest BCUT2D eigenvalue weighted by Gasteiger charge is 1.94. The summed E-state index contributed by atoms with van der Waals surface area (Å²) >= 11 is 1.71. The lowest BCUT2D eigenvalue weighted by Crippen LogP contribution is -1.86. The molecule has 0 aliphatic rings. The highest BCUT2D eigenvalue weighted by molar-refractivity contribution is 7.09. The normalized spacial score (nSPS) is 10.3. The van der Waals surface area contributed by atoms with Crippen molar-refractivity contribution in [2.24, 2.45) is 0 Å². The van der Waals surface area contributed by atoms with E-state index in [4.69, 9.17) is 5.11 Å². The Morgan fingerprint density at radius 1 is 1.36 bits per heavy atom. The second kappa shape index (κ2) is 5.27. The van der Waals surface area contributed by atoms with E-state index >= 15 is 0 Å². The van der Waals surface area contributed by atoms with Crippen molar-refractivity contribution in [3.63, 3.8) is 0 Å². The first-order chi connectivity index (χ1) is 5.43. The van der Waals surface area contributed by atoms with Gasteiger partial charge in [-0.1, -0.05) is 6.42 Å². The molecule has 1 N–H and O–H groups in total. The molecule has 0 spiro atoms. The molecule has 2 nitrogen and oxygen atoms in total. The van der Waals surface area contributed by atoms with Gasteiger partial charge in [-0.3, -0.25) is 0 Å². The third kappa shape index (κ3) is 3.49. The van der Waals surface area contributed by atoms with Crippen LogP contribution < -0.4 is 0 Å². The molecule has 0 atom stereocenters. The van der Waals surface area contributed by atoms with E-state index in [1.54, 1.807) is 11.3 Å². The average molecular weight is 171 g/mol. The number of aromatic nitrogens is 1. The minimum Gasteiger partial charge on any atom is -0.396 e. The lowest BCUT2D eigenvalue weighted by molar-refractivity contribution is 0.283. The second-order valence-corrected chi connectivity index (χ2v) is 3.44. The molecule has 1 aromatic heterocycles. The average Bonchev–Trinajstić information content (AvgIpc) is 2.50. The van der Waals surface area contributed by atoms with Crippen LogP contribution in [0.4, 0.5) is 0 Å². The minimum absolute atomic E-state index is 0.317. The third-order valence-electron chi connectivity index (χ3n) is 1.53. The van der Waals surface area contributed by atoms with Gasteiger partial charge < -0.3 is 5.11 Å². The van der Waals surface area contributed by atoms with Crippen LogP contribution in [0.3, 0.4) is 0 Å². The van der Waals surface area contributed by atoms with Gasteiger partial charge in [0.25, 0.3) is 0 Å². The monoisotopic (exact) mass is 171 g/mol. The topological polar surface area (TPSA) is 33.1 Å². The Balaban J connectivity index is 2.04. The first-order valence-electron chi connectivity index (χ1n) is 3.92. The van der Waals surface area contributed by atoms with Crippen molar-refractivity contribution in [1.29, 1.82) is 0 Å². The maximum atomic E-state index is 8.51. The molecular weight excluding hydrogens is 158 g/mol. The Kier molecular flexibility index (Phi) is 4.16. The van der Waals surface area contributed by atoms with Crippen molar-refractivity contribution in [1.82, 2.24) is 4.98 Å². The molecule has 0 bridgehead atoms. The summed E-state index contributed by atoms with van der Waals surface area (Å²) in [5.41, 5.74) is 0. The molecule has 3 heteroatoms. The summed E-state index contributed by atoms with van der Waals surface area (Å²) in [6.07, 6.45) is 6.08. The Bertz CT molecular complexity index is 174. The number of aliphatic hydroxyl groups is 1. The Hall–Kier alpha value is -0.410. The van der Waals surface area contributed by atoms with Gasteiger partial charge >= 0.3 is 0 Å². The standard InChI is InChI=1S/C8H13NOS/c10-6-3-1-2-4-8-9-5-7-11-8/h5,7,10H,1-4,6H2. The SMILES string of the molecule is OCCCCCc1nccs1. The summed E-state index contributed by atoms with van der Waals surface area (Å²) in [7, 11) is 0.